The van der Waals surface area contributed by atoms with Crippen LogP contribution in [-0.4, -0.2) is 41.1 Å². The molecule has 0 radical (unpaired) electrons. The van der Waals surface area contributed by atoms with Crippen LogP contribution >= 0.6 is 11.3 Å². The molecular formula is C10H12N2O5S. The summed E-state index contributed by atoms with van der Waals surface area (Å²) in [5, 5.41) is 13.3. The number of esters is 1. The van der Waals surface area contributed by atoms with E-state index in [1.807, 2.05) is 0 Å². The third-order valence-corrected chi connectivity index (χ3v) is 2.83. The van der Waals surface area contributed by atoms with Gasteiger partial charge in [-0.25, -0.2) is 9.78 Å². The zero-order valence-corrected chi connectivity index (χ0v) is 10.6. The second-order valence-electron chi connectivity index (χ2n) is 3.40. The molecule has 8 heteroatoms. The Hall–Kier alpha value is -1.96. The summed E-state index contributed by atoms with van der Waals surface area (Å²) in [5.41, 5.74) is 0.133. The Morgan fingerprint density at radius 3 is 2.67 bits per heavy atom. The van der Waals surface area contributed by atoms with E-state index in [9.17, 15) is 14.4 Å². The predicted octanol–water partition coefficient (Wildman–Crippen LogP) is 0.198. The molecule has 0 saturated carbocycles. The molecule has 1 heterocycles. The number of hydrogen-bond donors (Lipinski definition) is 2. The van der Waals surface area contributed by atoms with E-state index in [0.717, 1.165) is 7.11 Å². The zero-order chi connectivity index (χ0) is 13.7. The number of aromatic nitrogens is 1. The predicted molar refractivity (Wildman–Crippen MR) is 62.4 cm³/mol. The quantitative estimate of drug-likeness (QED) is 0.742. The number of aryl methyl sites for hydroxylation is 1. The van der Waals surface area contributed by atoms with E-state index in [0.29, 0.717) is 5.01 Å². The van der Waals surface area contributed by atoms with Crippen molar-refractivity contribution in [3.63, 3.8) is 0 Å². The molecule has 1 atom stereocenters. The van der Waals surface area contributed by atoms with Gasteiger partial charge in [0, 0.05) is 5.38 Å². The molecule has 0 spiro atoms. The summed E-state index contributed by atoms with van der Waals surface area (Å²) in [7, 11) is 1.15. The summed E-state index contributed by atoms with van der Waals surface area (Å²) in [6.07, 6.45) is -0.430. The highest BCUT2D eigenvalue weighted by Gasteiger charge is 2.24. The number of carboxylic acid groups (broad SMARTS) is 1. The van der Waals surface area contributed by atoms with E-state index in [4.69, 9.17) is 5.11 Å². The first-order valence-electron chi connectivity index (χ1n) is 4.96. The standard InChI is InChI=1S/C10H12N2O5S/c1-5-11-7(4-18-5)9(14)12-6(10(15)16)3-8(13)17-2/h4,6H,3H2,1-2H3,(H,12,14)(H,15,16)/t6-/m0/s1. The molecule has 0 aliphatic rings. The number of nitrogens with zero attached hydrogens (tertiary/aromatic N) is 1. The number of methoxy groups -OCH3 is 1. The van der Waals surface area contributed by atoms with Gasteiger partial charge in [0.15, 0.2) is 0 Å². The van der Waals surface area contributed by atoms with E-state index < -0.39 is 30.3 Å². The van der Waals surface area contributed by atoms with Crippen LogP contribution in [0.3, 0.4) is 0 Å². The molecule has 0 unspecified atom stereocenters. The van der Waals surface area contributed by atoms with Gasteiger partial charge in [-0.2, -0.15) is 0 Å². The van der Waals surface area contributed by atoms with Crippen LogP contribution in [0.15, 0.2) is 5.38 Å². The number of amides is 1. The summed E-state index contributed by atoms with van der Waals surface area (Å²) < 4.78 is 4.36. The monoisotopic (exact) mass is 272 g/mol. The molecule has 0 aliphatic carbocycles. The van der Waals surface area contributed by atoms with Crippen molar-refractivity contribution in [3.8, 4) is 0 Å². The van der Waals surface area contributed by atoms with Crippen molar-refractivity contribution in [2.45, 2.75) is 19.4 Å². The van der Waals surface area contributed by atoms with Gasteiger partial charge in [-0.1, -0.05) is 0 Å². The van der Waals surface area contributed by atoms with Gasteiger partial charge in [-0.3, -0.25) is 9.59 Å². The molecule has 0 saturated heterocycles. The minimum Gasteiger partial charge on any atom is -0.480 e. The van der Waals surface area contributed by atoms with Gasteiger partial charge in [0.1, 0.15) is 11.7 Å². The lowest BCUT2D eigenvalue weighted by atomic mass is 10.2. The highest BCUT2D eigenvalue weighted by atomic mass is 32.1. The van der Waals surface area contributed by atoms with Crippen LogP contribution < -0.4 is 5.32 Å². The van der Waals surface area contributed by atoms with Crippen molar-refractivity contribution in [3.05, 3.63) is 16.1 Å². The lowest BCUT2D eigenvalue weighted by Gasteiger charge is -2.12. The minimum absolute atomic E-state index is 0.133. The lowest BCUT2D eigenvalue weighted by molar-refractivity contribution is -0.147. The Kier molecular flexibility index (Phi) is 4.78. The maximum Gasteiger partial charge on any atom is 0.326 e. The first kappa shape index (κ1) is 14.1. The average Bonchev–Trinajstić information content (AvgIpc) is 2.74. The summed E-state index contributed by atoms with van der Waals surface area (Å²) >= 11 is 1.28. The van der Waals surface area contributed by atoms with Crippen molar-refractivity contribution < 1.29 is 24.2 Å². The summed E-state index contributed by atoms with van der Waals surface area (Å²) in [6.45, 7) is 1.73. The first-order valence-corrected chi connectivity index (χ1v) is 5.84. The molecule has 1 rings (SSSR count). The first-order chi connectivity index (χ1) is 8.43. The van der Waals surface area contributed by atoms with Crippen LogP contribution in [0.25, 0.3) is 0 Å². The van der Waals surface area contributed by atoms with E-state index >= 15 is 0 Å². The number of carboxylic acids is 1. The smallest absolute Gasteiger partial charge is 0.326 e. The molecular weight excluding hydrogens is 260 g/mol. The van der Waals surface area contributed by atoms with Gasteiger partial charge in [-0.15, -0.1) is 11.3 Å². The Labute approximate surface area is 107 Å². The zero-order valence-electron chi connectivity index (χ0n) is 9.80. The number of ether oxygens (including phenoxy) is 1. The van der Waals surface area contributed by atoms with Gasteiger partial charge in [0.2, 0.25) is 0 Å². The Bertz CT molecular complexity index is 471. The maximum absolute atomic E-state index is 11.7. The SMILES string of the molecule is COC(=O)C[C@H](NC(=O)c1csc(C)n1)C(=O)O. The fourth-order valence-corrected chi connectivity index (χ4v) is 1.74. The summed E-state index contributed by atoms with van der Waals surface area (Å²) in [4.78, 5) is 37.5. The van der Waals surface area contributed by atoms with E-state index in [2.05, 4.69) is 15.0 Å². The number of hydrogen-bond acceptors (Lipinski definition) is 6. The Morgan fingerprint density at radius 1 is 1.56 bits per heavy atom. The molecule has 1 aromatic heterocycles. The molecule has 18 heavy (non-hydrogen) atoms. The fraction of sp³-hybridized carbons (Fsp3) is 0.400. The fourth-order valence-electron chi connectivity index (χ4n) is 1.15. The second-order valence-corrected chi connectivity index (χ2v) is 4.46. The van der Waals surface area contributed by atoms with Crippen molar-refractivity contribution in [1.29, 1.82) is 0 Å². The second kappa shape index (κ2) is 6.10. The average molecular weight is 272 g/mol. The molecule has 0 fully saturated rings. The molecule has 7 nitrogen and oxygen atoms in total. The van der Waals surface area contributed by atoms with Crippen LogP contribution in [0.2, 0.25) is 0 Å². The number of rotatable bonds is 5. The van der Waals surface area contributed by atoms with Crippen molar-refractivity contribution in [1.82, 2.24) is 10.3 Å². The van der Waals surface area contributed by atoms with Crippen LogP contribution in [-0.2, 0) is 14.3 Å². The van der Waals surface area contributed by atoms with Crippen LogP contribution in [0.4, 0.5) is 0 Å². The lowest BCUT2D eigenvalue weighted by Crippen LogP contribution is -2.42. The molecule has 98 valence electrons. The molecule has 0 bridgehead atoms. The molecule has 1 aromatic rings. The molecule has 0 aromatic carbocycles. The van der Waals surface area contributed by atoms with Crippen molar-refractivity contribution >= 4 is 29.2 Å². The molecule has 1 amide bonds. The molecule has 0 aliphatic heterocycles. The summed E-state index contributed by atoms with van der Waals surface area (Å²) in [5.74, 6) is -2.64. The van der Waals surface area contributed by atoms with Gasteiger partial charge >= 0.3 is 11.9 Å². The van der Waals surface area contributed by atoms with Crippen LogP contribution in [0, 0.1) is 6.92 Å². The van der Waals surface area contributed by atoms with E-state index in [1.54, 1.807) is 6.92 Å². The van der Waals surface area contributed by atoms with E-state index in [1.165, 1.54) is 16.7 Å². The maximum atomic E-state index is 11.7. The number of carbonyl (C=O) groups is 3. The summed E-state index contributed by atoms with van der Waals surface area (Å²) in [6, 6.07) is -1.33. The normalized spacial score (nSPS) is 11.7. The van der Waals surface area contributed by atoms with Crippen molar-refractivity contribution in [2.75, 3.05) is 7.11 Å². The Balaban J connectivity index is 2.69. The number of aliphatic carboxylic acids is 1. The van der Waals surface area contributed by atoms with Gasteiger partial charge in [-0.05, 0) is 6.92 Å². The van der Waals surface area contributed by atoms with Gasteiger partial charge in [0.25, 0.3) is 5.91 Å². The van der Waals surface area contributed by atoms with Crippen LogP contribution in [0.1, 0.15) is 21.9 Å². The number of thiazole rings is 1. The van der Waals surface area contributed by atoms with Crippen LogP contribution in [0.5, 0.6) is 0 Å². The largest absolute Gasteiger partial charge is 0.480 e. The number of carbonyl (C=O) groups excluding carboxylic acids is 2. The van der Waals surface area contributed by atoms with E-state index in [-0.39, 0.29) is 5.69 Å². The Morgan fingerprint density at radius 2 is 2.22 bits per heavy atom. The minimum atomic E-state index is -1.33. The third-order valence-electron chi connectivity index (χ3n) is 2.05. The van der Waals surface area contributed by atoms with Crippen molar-refractivity contribution in [2.24, 2.45) is 0 Å². The molecule has 2 N–H and O–H groups in total. The highest BCUT2D eigenvalue weighted by molar-refractivity contribution is 7.09. The highest BCUT2D eigenvalue weighted by Crippen LogP contribution is 2.08. The van der Waals surface area contributed by atoms with Gasteiger partial charge in [0.05, 0.1) is 18.5 Å². The third kappa shape index (κ3) is 3.81. The topological polar surface area (TPSA) is 106 Å². The number of nitrogens with one attached hydrogen (secondary N) is 1. The van der Waals surface area contributed by atoms with Gasteiger partial charge < -0.3 is 15.2 Å².